The van der Waals surface area contributed by atoms with E-state index < -0.39 is 18.5 Å². The molecule has 0 aromatic heterocycles. The Kier molecular flexibility index (Phi) is 2.41. The zero-order chi connectivity index (χ0) is 9.41. The van der Waals surface area contributed by atoms with Gasteiger partial charge in [0.1, 0.15) is 0 Å². The number of thiol groups is 1. The van der Waals surface area contributed by atoms with Crippen LogP contribution in [0.1, 0.15) is 6.92 Å². The maximum Gasteiger partial charge on any atom is 0.259 e. The van der Waals surface area contributed by atoms with E-state index in [-0.39, 0.29) is 0 Å². The Morgan fingerprint density at radius 1 is 1.75 bits per heavy atom. The predicted molar refractivity (Wildman–Crippen MR) is 50.5 cm³/mol. The molecule has 0 spiro atoms. The van der Waals surface area contributed by atoms with Gasteiger partial charge >= 0.3 is 0 Å². The summed E-state index contributed by atoms with van der Waals surface area (Å²) in [7, 11) is -3.92. The lowest BCUT2D eigenvalue weighted by molar-refractivity contribution is -0.109. The van der Waals surface area contributed by atoms with Gasteiger partial charge in [-0.3, -0.25) is 10.2 Å². The van der Waals surface area contributed by atoms with Gasteiger partial charge in [-0.2, -0.15) is 5.10 Å². The lowest BCUT2D eigenvalue weighted by Crippen LogP contribution is -2.41. The van der Waals surface area contributed by atoms with Crippen molar-refractivity contribution in [2.45, 2.75) is 10.5 Å². The highest BCUT2D eigenvalue weighted by Crippen LogP contribution is 2.35. The van der Waals surface area contributed by atoms with E-state index in [1.165, 1.54) is 5.55 Å². The largest absolute Gasteiger partial charge is 0.282 e. The summed E-state index contributed by atoms with van der Waals surface area (Å²) in [6.45, 7) is 0.980. The van der Waals surface area contributed by atoms with Gasteiger partial charge in [0.15, 0.2) is 0 Å². The number of carbonyl (C=O) groups is 1. The molecule has 5 nitrogen and oxygen atoms in total. The van der Waals surface area contributed by atoms with Crippen molar-refractivity contribution in [1.82, 2.24) is 5.43 Å². The average Bonchev–Trinajstić information content (AvgIpc) is 2.37. The van der Waals surface area contributed by atoms with Crippen molar-refractivity contribution in [3.8, 4) is 0 Å². The Morgan fingerprint density at radius 3 is 2.67 bits per heavy atom. The second-order valence-electron chi connectivity index (χ2n) is 2.04. The van der Waals surface area contributed by atoms with Crippen LogP contribution in [0.4, 0.5) is 0 Å². The van der Waals surface area contributed by atoms with E-state index in [9.17, 15) is 13.2 Å². The van der Waals surface area contributed by atoms with E-state index in [2.05, 4.69) is 23.2 Å². The summed E-state index contributed by atoms with van der Waals surface area (Å²) < 4.78 is 20.9. The molecule has 0 amide bonds. The minimum absolute atomic E-state index is 0.833. The molecule has 1 rings (SSSR count). The first-order valence-corrected chi connectivity index (χ1v) is 5.65. The molecule has 8 heteroatoms. The van der Waals surface area contributed by atoms with Crippen LogP contribution in [-0.2, 0) is 14.6 Å². The first kappa shape index (κ1) is 9.87. The quantitative estimate of drug-likeness (QED) is 0.604. The highest BCUT2D eigenvalue weighted by molar-refractivity contribution is 8.35. The van der Waals surface area contributed by atoms with Crippen LogP contribution in [0.3, 0.4) is 0 Å². The first-order chi connectivity index (χ1) is 5.40. The van der Waals surface area contributed by atoms with Gasteiger partial charge in [-0.15, -0.1) is 12.6 Å². The fourth-order valence-electron chi connectivity index (χ4n) is 0.550. The van der Waals surface area contributed by atoms with Gasteiger partial charge in [0, 0.05) is 6.92 Å². The Labute approximate surface area is 79.3 Å². The maximum atomic E-state index is 11.3. The molecule has 1 N–H and O–H groups in total. The van der Waals surface area contributed by atoms with Crippen LogP contribution in [0.5, 0.6) is 0 Å². The molecular formula is C4H6N2O3S3. The zero-order valence-corrected chi connectivity index (χ0v) is 8.54. The highest BCUT2D eigenvalue weighted by Gasteiger charge is 2.46. The molecule has 1 heterocycles. The molecule has 1 aliphatic heterocycles. The lowest BCUT2D eigenvalue weighted by atomic mass is 10.9. The molecule has 12 heavy (non-hydrogen) atoms. The number of nitrogens with one attached hydrogen (secondary N) is 1. The second kappa shape index (κ2) is 2.93. The van der Waals surface area contributed by atoms with Crippen LogP contribution in [0.2, 0.25) is 0 Å². The molecule has 0 aromatic carbocycles. The Bertz CT molecular complexity index is 325. The molecule has 1 aliphatic rings. The van der Waals surface area contributed by atoms with Gasteiger partial charge < -0.3 is 0 Å². The summed E-state index contributed by atoms with van der Waals surface area (Å²) in [4.78, 5) is 10.7. The number of thioether (sulfide) groups is 1. The van der Waals surface area contributed by atoms with Gasteiger partial charge in [0.2, 0.25) is 5.12 Å². The highest BCUT2D eigenvalue weighted by atomic mass is 32.3. The van der Waals surface area contributed by atoms with E-state index in [1.54, 1.807) is 0 Å². The van der Waals surface area contributed by atoms with Crippen molar-refractivity contribution in [3.63, 3.8) is 0 Å². The molecule has 0 saturated heterocycles. The Balaban J connectivity index is 3.05. The smallest absolute Gasteiger partial charge is 0.259 e. The predicted octanol–water partition coefficient (Wildman–Crippen LogP) is -0.231. The van der Waals surface area contributed by atoms with Gasteiger partial charge in [0.05, 0.1) is 5.55 Å². The Hall–Kier alpha value is -0.210. The molecule has 1 unspecified atom stereocenters. The van der Waals surface area contributed by atoms with Crippen LogP contribution in [0, 0.1) is 0 Å². The number of hydrogen-bond acceptors (Lipinski definition) is 7. The van der Waals surface area contributed by atoms with Crippen LogP contribution >= 0.6 is 24.4 Å². The molecule has 0 aromatic rings. The zero-order valence-electron chi connectivity index (χ0n) is 6.01. The van der Waals surface area contributed by atoms with Crippen molar-refractivity contribution in [3.05, 3.63) is 0 Å². The fourth-order valence-corrected chi connectivity index (χ4v) is 3.04. The molecule has 0 fully saturated rings. The number of hydrazone groups is 1. The summed E-state index contributed by atoms with van der Waals surface area (Å²) in [5.41, 5.74) is 3.53. The number of nitrogens with zero attached hydrogens (tertiary/aromatic N) is 1. The van der Waals surface area contributed by atoms with Gasteiger partial charge in [-0.25, -0.2) is 8.42 Å². The molecule has 0 aliphatic carbocycles. The average molecular weight is 226 g/mol. The molecule has 1 atom stereocenters. The van der Waals surface area contributed by atoms with Crippen LogP contribution < -0.4 is 5.43 Å². The minimum Gasteiger partial charge on any atom is -0.282 e. The van der Waals surface area contributed by atoms with Crippen molar-refractivity contribution in [1.29, 1.82) is 0 Å². The van der Waals surface area contributed by atoms with Gasteiger partial charge in [-0.05, 0) is 0 Å². The number of rotatable bonds is 1. The van der Waals surface area contributed by atoms with E-state index in [4.69, 9.17) is 0 Å². The number of carbonyl (C=O) groups excluding carboxylic acids is 1. The first-order valence-electron chi connectivity index (χ1n) is 2.84. The number of sulfone groups is 1. The van der Waals surface area contributed by atoms with Crippen molar-refractivity contribution in [2.75, 3.05) is 0 Å². The molecule has 0 bridgehead atoms. The fraction of sp³-hybridized carbons (Fsp3) is 0.500. The summed E-state index contributed by atoms with van der Waals surface area (Å²) in [6, 6.07) is 0. The normalized spacial score (nSPS) is 28.5. The minimum atomic E-state index is -3.92. The second-order valence-corrected chi connectivity index (χ2v) is 6.83. The van der Waals surface area contributed by atoms with Crippen molar-refractivity contribution in [2.24, 2.45) is 5.10 Å². The van der Waals surface area contributed by atoms with E-state index in [0.29, 0.717) is 0 Å². The third-order valence-corrected chi connectivity index (χ3v) is 5.50. The standard InChI is InChI=1S/C4H6N2O3S3/c1-3(7)12(8,9)4(10)6-5-2-11-4/h2,6,10H,1H3. The summed E-state index contributed by atoms with van der Waals surface area (Å²) in [5.74, 6) is 0. The topological polar surface area (TPSA) is 75.6 Å². The summed E-state index contributed by atoms with van der Waals surface area (Å²) in [6.07, 6.45) is 0. The van der Waals surface area contributed by atoms with Crippen LogP contribution in [-0.4, -0.2) is 22.6 Å². The summed E-state index contributed by atoms with van der Waals surface area (Å²) >= 11 is 4.65. The monoisotopic (exact) mass is 226 g/mol. The number of hydrogen-bond donors (Lipinski definition) is 2. The van der Waals surface area contributed by atoms with Crippen molar-refractivity contribution < 1.29 is 13.2 Å². The molecule has 68 valence electrons. The Morgan fingerprint density at radius 2 is 2.33 bits per heavy atom. The maximum absolute atomic E-state index is 11.3. The molecule has 0 saturated carbocycles. The lowest BCUT2D eigenvalue weighted by Gasteiger charge is -2.18. The van der Waals surface area contributed by atoms with E-state index in [0.717, 1.165) is 18.7 Å². The molecule has 0 radical (unpaired) electrons. The third kappa shape index (κ3) is 1.34. The summed E-state index contributed by atoms with van der Waals surface area (Å²) in [5, 5.41) is 2.54. The van der Waals surface area contributed by atoms with E-state index in [1.807, 2.05) is 0 Å². The van der Waals surface area contributed by atoms with Crippen molar-refractivity contribution >= 4 is 44.9 Å². The third-order valence-electron chi connectivity index (χ3n) is 1.21. The van der Waals surface area contributed by atoms with Gasteiger partial charge in [0.25, 0.3) is 13.4 Å². The van der Waals surface area contributed by atoms with Crippen LogP contribution in [0.15, 0.2) is 5.10 Å². The van der Waals surface area contributed by atoms with Gasteiger partial charge in [-0.1, -0.05) is 11.8 Å². The SMILES string of the molecule is CC(=O)S(=O)(=O)C1(S)NN=CS1. The molecular weight excluding hydrogens is 220 g/mol. The van der Waals surface area contributed by atoms with Crippen LogP contribution in [0.25, 0.3) is 0 Å². The van der Waals surface area contributed by atoms with E-state index >= 15 is 0 Å².